The molecule has 108 valence electrons. The van der Waals surface area contributed by atoms with Crippen molar-refractivity contribution < 1.29 is 0 Å². The van der Waals surface area contributed by atoms with E-state index >= 15 is 0 Å². The third kappa shape index (κ3) is 2.87. The molecule has 1 N–H and O–H groups in total. The Kier molecular flexibility index (Phi) is 4.34. The number of hydrogen-bond donors (Lipinski definition) is 1. The third-order valence-electron chi connectivity index (χ3n) is 4.94. The lowest BCUT2D eigenvalue weighted by molar-refractivity contribution is 0.404. The van der Waals surface area contributed by atoms with Gasteiger partial charge in [-0.25, -0.2) is 9.97 Å². The first kappa shape index (κ1) is 13.6. The van der Waals surface area contributed by atoms with Gasteiger partial charge in [-0.1, -0.05) is 39.0 Å². The predicted molar refractivity (Wildman–Crippen MR) is 82.7 cm³/mol. The Hall–Kier alpha value is -1.38. The molecule has 1 saturated carbocycles. The molecule has 3 nitrogen and oxygen atoms in total. The average molecular weight is 271 g/mol. The fourth-order valence-corrected chi connectivity index (χ4v) is 3.63. The fourth-order valence-electron chi connectivity index (χ4n) is 3.63. The van der Waals surface area contributed by atoms with Crippen LogP contribution in [0.2, 0.25) is 0 Å². The number of H-pyrrole nitrogens is 1. The summed E-state index contributed by atoms with van der Waals surface area (Å²) in [4.78, 5) is 12.2. The smallest absolute Gasteiger partial charge is 0.140 e. The standard InChI is InChI=1S/C17H25N3/c1-2-13-6-4-3-5-7-14(9-8-13)16-15-10-11-18-17(15)20-12-19-16/h10-14H,2-9H2,1H3,(H,18,19,20). The zero-order valence-electron chi connectivity index (χ0n) is 12.4. The fraction of sp³-hybridized carbons (Fsp3) is 0.647. The van der Waals surface area contributed by atoms with Crippen LogP contribution in [0.4, 0.5) is 0 Å². The molecule has 2 unspecified atom stereocenters. The van der Waals surface area contributed by atoms with Crippen molar-refractivity contribution in [1.82, 2.24) is 15.0 Å². The molecule has 0 radical (unpaired) electrons. The largest absolute Gasteiger partial charge is 0.346 e. The lowest BCUT2D eigenvalue weighted by Gasteiger charge is -2.18. The van der Waals surface area contributed by atoms with Gasteiger partial charge in [0.15, 0.2) is 0 Å². The number of nitrogens with zero attached hydrogens (tertiary/aromatic N) is 2. The van der Waals surface area contributed by atoms with Crippen LogP contribution in [0.1, 0.15) is 69.9 Å². The molecule has 1 fully saturated rings. The molecule has 0 amide bonds. The van der Waals surface area contributed by atoms with Crippen molar-refractivity contribution >= 4 is 11.0 Å². The van der Waals surface area contributed by atoms with Crippen LogP contribution in [0, 0.1) is 5.92 Å². The summed E-state index contributed by atoms with van der Waals surface area (Å²) in [7, 11) is 0. The van der Waals surface area contributed by atoms with Gasteiger partial charge in [0.25, 0.3) is 0 Å². The van der Waals surface area contributed by atoms with Crippen molar-refractivity contribution in [3.63, 3.8) is 0 Å². The minimum atomic E-state index is 0.614. The molecule has 1 aliphatic carbocycles. The van der Waals surface area contributed by atoms with E-state index in [9.17, 15) is 0 Å². The van der Waals surface area contributed by atoms with E-state index in [0.717, 1.165) is 11.6 Å². The van der Waals surface area contributed by atoms with Gasteiger partial charge in [-0.2, -0.15) is 0 Å². The van der Waals surface area contributed by atoms with Crippen LogP contribution < -0.4 is 0 Å². The van der Waals surface area contributed by atoms with Gasteiger partial charge in [0.05, 0.1) is 5.69 Å². The van der Waals surface area contributed by atoms with E-state index in [-0.39, 0.29) is 0 Å². The molecule has 2 aromatic heterocycles. The molecule has 2 atom stereocenters. The summed E-state index contributed by atoms with van der Waals surface area (Å²) in [5, 5.41) is 1.23. The predicted octanol–water partition coefficient (Wildman–Crippen LogP) is 4.81. The van der Waals surface area contributed by atoms with Gasteiger partial charge in [-0.15, -0.1) is 0 Å². The Labute approximate surface area is 121 Å². The third-order valence-corrected chi connectivity index (χ3v) is 4.94. The molecule has 0 aliphatic heterocycles. The Balaban J connectivity index is 1.84. The van der Waals surface area contributed by atoms with Crippen LogP contribution in [0.15, 0.2) is 18.6 Å². The van der Waals surface area contributed by atoms with Gasteiger partial charge in [0, 0.05) is 17.5 Å². The molecule has 0 saturated heterocycles. The Morgan fingerprint density at radius 3 is 2.90 bits per heavy atom. The summed E-state index contributed by atoms with van der Waals surface area (Å²) in [5.74, 6) is 1.53. The van der Waals surface area contributed by atoms with Gasteiger partial charge in [-0.3, -0.25) is 0 Å². The molecule has 3 rings (SSSR count). The number of nitrogens with one attached hydrogen (secondary N) is 1. The lowest BCUT2D eigenvalue weighted by Crippen LogP contribution is -2.05. The maximum atomic E-state index is 4.63. The second kappa shape index (κ2) is 6.38. The lowest BCUT2D eigenvalue weighted by atomic mass is 9.88. The highest BCUT2D eigenvalue weighted by Gasteiger charge is 2.20. The summed E-state index contributed by atoms with van der Waals surface area (Å²) in [5.41, 5.74) is 2.26. The molecule has 2 aromatic rings. The molecule has 0 aromatic carbocycles. The topological polar surface area (TPSA) is 41.6 Å². The zero-order valence-corrected chi connectivity index (χ0v) is 12.4. The summed E-state index contributed by atoms with van der Waals surface area (Å²) in [6.45, 7) is 2.34. The van der Waals surface area contributed by atoms with Crippen molar-refractivity contribution in [2.45, 2.75) is 64.2 Å². The van der Waals surface area contributed by atoms with Crippen molar-refractivity contribution in [2.75, 3.05) is 0 Å². The molecular formula is C17H25N3. The van der Waals surface area contributed by atoms with Crippen molar-refractivity contribution in [3.8, 4) is 0 Å². The number of fused-ring (bicyclic) bond motifs is 1. The van der Waals surface area contributed by atoms with Gasteiger partial charge in [0.2, 0.25) is 0 Å². The SMILES string of the molecule is CCC1CCCCCC(c2ncnc3[nH]ccc23)CC1. The maximum Gasteiger partial charge on any atom is 0.140 e. The van der Waals surface area contributed by atoms with Gasteiger partial charge < -0.3 is 4.98 Å². The maximum absolute atomic E-state index is 4.63. The first-order valence-corrected chi connectivity index (χ1v) is 8.16. The molecule has 2 heterocycles. The molecule has 3 heteroatoms. The number of rotatable bonds is 2. The Morgan fingerprint density at radius 1 is 1.10 bits per heavy atom. The number of hydrogen-bond acceptors (Lipinski definition) is 2. The Bertz CT molecular complexity index is 546. The highest BCUT2D eigenvalue weighted by atomic mass is 14.9. The van der Waals surface area contributed by atoms with E-state index in [1.54, 1.807) is 6.33 Å². The minimum Gasteiger partial charge on any atom is -0.346 e. The molecule has 0 spiro atoms. The summed E-state index contributed by atoms with van der Waals surface area (Å²) < 4.78 is 0. The monoisotopic (exact) mass is 271 g/mol. The second-order valence-corrected chi connectivity index (χ2v) is 6.19. The van der Waals surface area contributed by atoms with Crippen LogP contribution in [-0.2, 0) is 0 Å². The highest BCUT2D eigenvalue weighted by molar-refractivity contribution is 5.78. The van der Waals surface area contributed by atoms with Crippen molar-refractivity contribution in [1.29, 1.82) is 0 Å². The van der Waals surface area contributed by atoms with Crippen LogP contribution in [0.3, 0.4) is 0 Å². The normalized spacial score (nSPS) is 25.1. The zero-order chi connectivity index (χ0) is 13.8. The van der Waals surface area contributed by atoms with Gasteiger partial charge in [-0.05, 0) is 31.2 Å². The number of aromatic amines is 1. The van der Waals surface area contributed by atoms with Crippen LogP contribution in [0.5, 0.6) is 0 Å². The van der Waals surface area contributed by atoms with E-state index in [1.807, 2.05) is 6.20 Å². The van der Waals surface area contributed by atoms with E-state index in [1.165, 1.54) is 62.4 Å². The van der Waals surface area contributed by atoms with E-state index in [4.69, 9.17) is 0 Å². The summed E-state index contributed by atoms with van der Waals surface area (Å²) in [6.07, 6.45) is 14.5. The van der Waals surface area contributed by atoms with Crippen LogP contribution in [-0.4, -0.2) is 15.0 Å². The molecular weight excluding hydrogens is 246 g/mol. The molecule has 0 bridgehead atoms. The van der Waals surface area contributed by atoms with Crippen LogP contribution in [0.25, 0.3) is 11.0 Å². The first-order valence-electron chi connectivity index (χ1n) is 8.16. The van der Waals surface area contributed by atoms with Gasteiger partial charge in [0.1, 0.15) is 12.0 Å². The van der Waals surface area contributed by atoms with Crippen molar-refractivity contribution in [2.24, 2.45) is 5.92 Å². The Morgan fingerprint density at radius 2 is 2.00 bits per heavy atom. The highest BCUT2D eigenvalue weighted by Crippen LogP contribution is 2.34. The quantitative estimate of drug-likeness (QED) is 0.851. The minimum absolute atomic E-state index is 0.614. The molecule has 1 aliphatic rings. The van der Waals surface area contributed by atoms with Crippen molar-refractivity contribution in [3.05, 3.63) is 24.3 Å². The van der Waals surface area contributed by atoms with E-state index in [0.29, 0.717) is 5.92 Å². The first-order chi connectivity index (χ1) is 9.88. The summed E-state index contributed by atoms with van der Waals surface area (Å²) in [6, 6.07) is 2.13. The van der Waals surface area contributed by atoms with Gasteiger partial charge >= 0.3 is 0 Å². The number of aromatic nitrogens is 3. The van der Waals surface area contributed by atoms with E-state index < -0.39 is 0 Å². The molecule has 20 heavy (non-hydrogen) atoms. The summed E-state index contributed by atoms with van der Waals surface area (Å²) >= 11 is 0. The average Bonchev–Trinajstić information content (AvgIpc) is 2.99. The van der Waals surface area contributed by atoms with Crippen LogP contribution >= 0.6 is 0 Å². The van der Waals surface area contributed by atoms with E-state index in [2.05, 4.69) is 27.9 Å². The second-order valence-electron chi connectivity index (χ2n) is 6.19.